The Morgan fingerprint density at radius 1 is 1.10 bits per heavy atom. The summed E-state index contributed by atoms with van der Waals surface area (Å²) in [4.78, 5) is 14.3. The van der Waals surface area contributed by atoms with Gasteiger partial charge in [0.2, 0.25) is 0 Å². The van der Waals surface area contributed by atoms with E-state index in [0.29, 0.717) is 6.04 Å². The van der Waals surface area contributed by atoms with Crippen LogP contribution in [0.4, 0.5) is 0 Å². The van der Waals surface area contributed by atoms with Crippen molar-refractivity contribution in [3.63, 3.8) is 0 Å². The van der Waals surface area contributed by atoms with E-state index in [1.165, 1.54) is 0 Å². The molecule has 3 rings (SSSR count). The van der Waals surface area contributed by atoms with Crippen LogP contribution in [-0.2, 0) is 6.54 Å². The SMILES string of the molecule is NC1CCN(CCn2ccc(=O)c3ccccc32)CC1. The maximum Gasteiger partial charge on any atom is 0.189 e. The van der Waals surface area contributed by atoms with E-state index in [1.54, 1.807) is 6.07 Å². The first-order valence-electron chi connectivity index (χ1n) is 7.30. The van der Waals surface area contributed by atoms with Crippen molar-refractivity contribution in [2.75, 3.05) is 19.6 Å². The number of piperidine rings is 1. The predicted molar refractivity (Wildman–Crippen MR) is 81.9 cm³/mol. The van der Waals surface area contributed by atoms with Gasteiger partial charge in [-0.15, -0.1) is 0 Å². The minimum absolute atomic E-state index is 0.0980. The zero-order valence-corrected chi connectivity index (χ0v) is 11.7. The molecule has 1 aliphatic rings. The quantitative estimate of drug-likeness (QED) is 0.918. The number of hydrogen-bond acceptors (Lipinski definition) is 3. The van der Waals surface area contributed by atoms with Gasteiger partial charge in [-0.25, -0.2) is 0 Å². The number of nitrogens with two attached hydrogens (primary N) is 1. The van der Waals surface area contributed by atoms with Crippen LogP contribution < -0.4 is 11.2 Å². The summed E-state index contributed by atoms with van der Waals surface area (Å²) in [6.45, 7) is 4.09. The maximum atomic E-state index is 11.8. The molecule has 4 nitrogen and oxygen atoms in total. The van der Waals surface area contributed by atoms with E-state index >= 15 is 0 Å². The van der Waals surface area contributed by atoms with E-state index in [-0.39, 0.29) is 5.43 Å². The first kappa shape index (κ1) is 13.3. The molecule has 0 amide bonds. The number of likely N-dealkylation sites (tertiary alicyclic amines) is 1. The van der Waals surface area contributed by atoms with Gasteiger partial charge in [0, 0.05) is 36.8 Å². The van der Waals surface area contributed by atoms with Crippen molar-refractivity contribution in [3.05, 3.63) is 46.8 Å². The van der Waals surface area contributed by atoms with E-state index < -0.39 is 0 Å². The smallest absolute Gasteiger partial charge is 0.189 e. The van der Waals surface area contributed by atoms with Crippen LogP contribution >= 0.6 is 0 Å². The van der Waals surface area contributed by atoms with Crippen molar-refractivity contribution < 1.29 is 0 Å². The van der Waals surface area contributed by atoms with Crippen LogP contribution in [0.2, 0.25) is 0 Å². The molecule has 2 aromatic rings. The summed E-state index contributed by atoms with van der Waals surface area (Å²) < 4.78 is 2.17. The zero-order valence-electron chi connectivity index (χ0n) is 11.7. The molecule has 1 aromatic heterocycles. The molecule has 0 aliphatic carbocycles. The van der Waals surface area contributed by atoms with E-state index in [2.05, 4.69) is 9.47 Å². The van der Waals surface area contributed by atoms with E-state index in [1.807, 2.05) is 30.5 Å². The Hall–Kier alpha value is -1.65. The minimum atomic E-state index is 0.0980. The molecule has 2 heterocycles. The van der Waals surface area contributed by atoms with Crippen LogP contribution in [0.15, 0.2) is 41.3 Å². The number of para-hydroxylation sites is 1. The number of aromatic nitrogens is 1. The summed E-state index contributed by atoms with van der Waals surface area (Å²) >= 11 is 0. The van der Waals surface area contributed by atoms with Gasteiger partial charge in [-0.3, -0.25) is 4.79 Å². The molecule has 1 fully saturated rings. The normalized spacial score (nSPS) is 17.6. The molecule has 20 heavy (non-hydrogen) atoms. The van der Waals surface area contributed by atoms with Crippen molar-refractivity contribution in [2.45, 2.75) is 25.4 Å². The molecule has 1 aromatic carbocycles. The Balaban J connectivity index is 1.75. The fourth-order valence-electron chi connectivity index (χ4n) is 2.88. The lowest BCUT2D eigenvalue weighted by molar-refractivity contribution is 0.207. The number of fused-ring (bicyclic) bond motifs is 1. The molecule has 1 aliphatic heterocycles. The molecular weight excluding hydrogens is 250 g/mol. The van der Waals surface area contributed by atoms with Crippen molar-refractivity contribution in [1.82, 2.24) is 9.47 Å². The second kappa shape index (κ2) is 5.77. The van der Waals surface area contributed by atoms with Gasteiger partial charge in [-0.05, 0) is 38.1 Å². The molecule has 1 saturated heterocycles. The Kier molecular flexibility index (Phi) is 3.85. The second-order valence-corrected chi connectivity index (χ2v) is 5.57. The average Bonchev–Trinajstić information content (AvgIpc) is 2.49. The summed E-state index contributed by atoms with van der Waals surface area (Å²) in [7, 11) is 0. The van der Waals surface area contributed by atoms with E-state index in [9.17, 15) is 4.79 Å². The van der Waals surface area contributed by atoms with Crippen LogP contribution in [0.25, 0.3) is 10.9 Å². The lowest BCUT2D eigenvalue weighted by atomic mass is 10.1. The van der Waals surface area contributed by atoms with Crippen LogP contribution in [0.1, 0.15) is 12.8 Å². The molecule has 0 bridgehead atoms. The number of rotatable bonds is 3. The third kappa shape index (κ3) is 2.76. The Labute approximate surface area is 118 Å². The van der Waals surface area contributed by atoms with Gasteiger partial charge in [-0.2, -0.15) is 0 Å². The molecule has 0 atom stereocenters. The van der Waals surface area contributed by atoms with Crippen molar-refractivity contribution in [1.29, 1.82) is 0 Å². The lowest BCUT2D eigenvalue weighted by Crippen LogP contribution is -2.40. The molecule has 0 spiro atoms. The molecule has 0 radical (unpaired) electrons. The van der Waals surface area contributed by atoms with E-state index in [4.69, 9.17) is 5.73 Å². The van der Waals surface area contributed by atoms with Crippen LogP contribution in [0.3, 0.4) is 0 Å². The van der Waals surface area contributed by atoms with E-state index in [0.717, 1.165) is 49.9 Å². The van der Waals surface area contributed by atoms with Crippen LogP contribution in [-0.4, -0.2) is 35.1 Å². The molecular formula is C16H21N3O. The van der Waals surface area contributed by atoms with Gasteiger partial charge in [0.1, 0.15) is 0 Å². The van der Waals surface area contributed by atoms with Crippen molar-refractivity contribution in [2.24, 2.45) is 5.73 Å². The number of pyridine rings is 1. The van der Waals surface area contributed by atoms with Crippen molar-refractivity contribution >= 4 is 10.9 Å². The fourth-order valence-corrected chi connectivity index (χ4v) is 2.88. The third-order valence-corrected chi connectivity index (χ3v) is 4.17. The number of benzene rings is 1. The lowest BCUT2D eigenvalue weighted by Gasteiger charge is -2.30. The number of hydrogen-bond donors (Lipinski definition) is 1. The average molecular weight is 271 g/mol. The summed E-state index contributed by atoms with van der Waals surface area (Å²) in [6, 6.07) is 9.85. The highest BCUT2D eigenvalue weighted by molar-refractivity contribution is 5.78. The molecule has 0 unspecified atom stereocenters. The Bertz CT molecular complexity index is 641. The molecule has 2 N–H and O–H groups in total. The van der Waals surface area contributed by atoms with Gasteiger partial charge in [0.15, 0.2) is 5.43 Å². The molecule has 106 valence electrons. The van der Waals surface area contributed by atoms with Gasteiger partial charge in [0.05, 0.1) is 5.52 Å². The fraction of sp³-hybridized carbons (Fsp3) is 0.438. The summed E-state index contributed by atoms with van der Waals surface area (Å²) in [6.07, 6.45) is 4.08. The van der Waals surface area contributed by atoms with Crippen LogP contribution in [0.5, 0.6) is 0 Å². The molecule has 0 saturated carbocycles. The largest absolute Gasteiger partial charge is 0.346 e. The summed E-state index contributed by atoms with van der Waals surface area (Å²) in [5.74, 6) is 0. The summed E-state index contributed by atoms with van der Waals surface area (Å²) in [5.41, 5.74) is 7.05. The highest BCUT2D eigenvalue weighted by atomic mass is 16.1. The standard InChI is InChI=1S/C16H21N3O/c17-13-5-8-18(9-6-13)11-12-19-10-7-16(20)14-3-1-2-4-15(14)19/h1-4,7,10,13H,5-6,8-9,11-12,17H2. The van der Waals surface area contributed by atoms with Gasteiger partial charge in [-0.1, -0.05) is 12.1 Å². The summed E-state index contributed by atoms with van der Waals surface area (Å²) in [5, 5.41) is 0.802. The first-order valence-corrected chi connectivity index (χ1v) is 7.30. The number of nitrogens with zero attached hydrogens (tertiary/aromatic N) is 2. The van der Waals surface area contributed by atoms with Crippen LogP contribution in [0, 0.1) is 0 Å². The van der Waals surface area contributed by atoms with Gasteiger partial charge < -0.3 is 15.2 Å². The Morgan fingerprint density at radius 2 is 1.85 bits per heavy atom. The highest BCUT2D eigenvalue weighted by Crippen LogP contribution is 2.11. The third-order valence-electron chi connectivity index (χ3n) is 4.17. The topological polar surface area (TPSA) is 51.3 Å². The highest BCUT2D eigenvalue weighted by Gasteiger charge is 2.15. The minimum Gasteiger partial charge on any atom is -0.346 e. The predicted octanol–water partition coefficient (Wildman–Crippen LogP) is 1.42. The van der Waals surface area contributed by atoms with Crippen molar-refractivity contribution in [3.8, 4) is 0 Å². The Morgan fingerprint density at radius 3 is 2.65 bits per heavy atom. The van der Waals surface area contributed by atoms with Gasteiger partial charge in [0.25, 0.3) is 0 Å². The first-order chi connectivity index (χ1) is 9.74. The zero-order chi connectivity index (χ0) is 13.9. The maximum absolute atomic E-state index is 11.8. The molecule has 4 heteroatoms. The second-order valence-electron chi connectivity index (χ2n) is 5.57. The monoisotopic (exact) mass is 271 g/mol. The van der Waals surface area contributed by atoms with Gasteiger partial charge >= 0.3 is 0 Å².